The van der Waals surface area contributed by atoms with Gasteiger partial charge in [0.25, 0.3) is 5.91 Å². The molecule has 0 radical (unpaired) electrons. The van der Waals surface area contributed by atoms with E-state index in [4.69, 9.17) is 15.2 Å². The van der Waals surface area contributed by atoms with E-state index in [9.17, 15) is 9.59 Å². The zero-order chi connectivity index (χ0) is 13.8. The Hall–Kier alpha value is -1.18. The van der Waals surface area contributed by atoms with Crippen LogP contribution < -0.4 is 11.1 Å². The van der Waals surface area contributed by atoms with Gasteiger partial charge in [0.2, 0.25) is 5.91 Å². The van der Waals surface area contributed by atoms with Crippen LogP contribution in [0.1, 0.15) is 12.8 Å². The average Bonchev–Trinajstić information content (AvgIpc) is 3.24. The number of carbonyl (C=O) groups is 2. The van der Waals surface area contributed by atoms with Gasteiger partial charge in [-0.2, -0.15) is 0 Å². The predicted octanol–water partition coefficient (Wildman–Crippen LogP) is -1.53. The molecule has 108 valence electrons. The Bertz CT molecular complexity index is 342. The minimum Gasteiger partial charge on any atom is -0.377 e. The fraction of sp³-hybridized carbons (Fsp3) is 0.833. The summed E-state index contributed by atoms with van der Waals surface area (Å²) in [4.78, 5) is 25.9. The molecule has 0 aromatic heterocycles. The summed E-state index contributed by atoms with van der Waals surface area (Å²) in [5.41, 5.74) is 5.50. The number of methoxy groups -OCH3 is 1. The maximum absolute atomic E-state index is 12.3. The Morgan fingerprint density at radius 1 is 1.53 bits per heavy atom. The van der Waals surface area contributed by atoms with E-state index in [2.05, 4.69) is 5.32 Å². The second-order valence-corrected chi connectivity index (χ2v) is 4.87. The van der Waals surface area contributed by atoms with Crippen LogP contribution in [0.3, 0.4) is 0 Å². The van der Waals surface area contributed by atoms with Gasteiger partial charge >= 0.3 is 0 Å². The van der Waals surface area contributed by atoms with Gasteiger partial charge < -0.3 is 25.4 Å². The van der Waals surface area contributed by atoms with Crippen molar-refractivity contribution >= 4 is 11.8 Å². The van der Waals surface area contributed by atoms with Gasteiger partial charge in [-0.1, -0.05) is 0 Å². The second kappa shape index (κ2) is 6.31. The first-order valence-electron chi connectivity index (χ1n) is 6.58. The average molecular weight is 271 g/mol. The fourth-order valence-corrected chi connectivity index (χ4v) is 2.09. The van der Waals surface area contributed by atoms with E-state index < -0.39 is 12.1 Å². The van der Waals surface area contributed by atoms with Crippen molar-refractivity contribution in [2.75, 3.05) is 33.4 Å². The van der Waals surface area contributed by atoms with Crippen molar-refractivity contribution in [2.24, 2.45) is 5.73 Å². The Balaban J connectivity index is 2.01. The highest BCUT2D eigenvalue weighted by atomic mass is 16.5. The molecule has 2 amide bonds. The molecule has 1 saturated heterocycles. The molecular weight excluding hydrogens is 250 g/mol. The van der Waals surface area contributed by atoms with Gasteiger partial charge in [-0.25, -0.2) is 0 Å². The van der Waals surface area contributed by atoms with Crippen LogP contribution in [0.2, 0.25) is 0 Å². The van der Waals surface area contributed by atoms with E-state index in [-0.39, 0.29) is 31.0 Å². The molecule has 19 heavy (non-hydrogen) atoms. The summed E-state index contributed by atoms with van der Waals surface area (Å²) < 4.78 is 10.4. The number of nitrogens with one attached hydrogen (secondary N) is 1. The first kappa shape index (κ1) is 14.2. The van der Waals surface area contributed by atoms with Crippen LogP contribution >= 0.6 is 0 Å². The molecule has 0 spiro atoms. The Labute approximate surface area is 112 Å². The van der Waals surface area contributed by atoms with Gasteiger partial charge in [0.1, 0.15) is 12.1 Å². The molecule has 2 unspecified atom stereocenters. The van der Waals surface area contributed by atoms with E-state index in [1.54, 1.807) is 0 Å². The highest BCUT2D eigenvalue weighted by Gasteiger charge is 2.37. The number of hydrogen-bond acceptors (Lipinski definition) is 5. The summed E-state index contributed by atoms with van der Waals surface area (Å²) in [5.74, 6) is -0.397. The Kier molecular flexibility index (Phi) is 4.73. The van der Waals surface area contributed by atoms with Crippen LogP contribution in [0, 0.1) is 0 Å². The third-order valence-electron chi connectivity index (χ3n) is 3.41. The number of morpholine rings is 1. The molecule has 1 aliphatic heterocycles. The van der Waals surface area contributed by atoms with Crippen molar-refractivity contribution in [1.82, 2.24) is 10.2 Å². The zero-order valence-corrected chi connectivity index (χ0v) is 11.1. The van der Waals surface area contributed by atoms with Gasteiger partial charge in [0.15, 0.2) is 0 Å². The number of amides is 2. The molecule has 1 heterocycles. The largest absolute Gasteiger partial charge is 0.377 e. The SMILES string of the molecule is COC(CN)C(=O)N1CCOCC1C(=O)NC1CC1. The van der Waals surface area contributed by atoms with E-state index in [1.165, 1.54) is 12.0 Å². The first-order chi connectivity index (χ1) is 9.17. The number of hydrogen-bond donors (Lipinski definition) is 2. The van der Waals surface area contributed by atoms with Crippen LogP contribution in [0.25, 0.3) is 0 Å². The zero-order valence-electron chi connectivity index (χ0n) is 11.1. The van der Waals surface area contributed by atoms with Gasteiger partial charge in [-0.05, 0) is 12.8 Å². The summed E-state index contributed by atoms with van der Waals surface area (Å²) >= 11 is 0. The van der Waals surface area contributed by atoms with Crippen LogP contribution in [0.4, 0.5) is 0 Å². The van der Waals surface area contributed by atoms with Crippen molar-refractivity contribution in [3.05, 3.63) is 0 Å². The Morgan fingerprint density at radius 2 is 2.26 bits per heavy atom. The van der Waals surface area contributed by atoms with Crippen LogP contribution in [-0.2, 0) is 19.1 Å². The van der Waals surface area contributed by atoms with E-state index >= 15 is 0 Å². The van der Waals surface area contributed by atoms with Crippen LogP contribution in [0.5, 0.6) is 0 Å². The highest BCUT2D eigenvalue weighted by Crippen LogP contribution is 2.20. The van der Waals surface area contributed by atoms with E-state index in [0.29, 0.717) is 13.2 Å². The third kappa shape index (κ3) is 3.43. The molecule has 0 bridgehead atoms. The van der Waals surface area contributed by atoms with Crippen LogP contribution in [0.15, 0.2) is 0 Å². The molecule has 7 heteroatoms. The minimum atomic E-state index is -0.700. The van der Waals surface area contributed by atoms with Gasteiger partial charge in [-0.3, -0.25) is 9.59 Å². The normalized spacial score (nSPS) is 24.9. The molecule has 3 N–H and O–H groups in total. The van der Waals surface area contributed by atoms with Crippen molar-refractivity contribution in [2.45, 2.75) is 31.0 Å². The summed E-state index contributed by atoms with van der Waals surface area (Å²) in [6, 6.07) is -0.315. The van der Waals surface area contributed by atoms with Crippen molar-refractivity contribution < 1.29 is 19.1 Å². The van der Waals surface area contributed by atoms with E-state index in [0.717, 1.165) is 12.8 Å². The quantitative estimate of drug-likeness (QED) is 0.632. The lowest BCUT2D eigenvalue weighted by molar-refractivity contribution is -0.155. The Morgan fingerprint density at radius 3 is 2.84 bits per heavy atom. The third-order valence-corrected chi connectivity index (χ3v) is 3.41. The summed E-state index contributed by atoms with van der Waals surface area (Å²) in [6.07, 6.45) is 1.32. The molecule has 2 fully saturated rings. The topological polar surface area (TPSA) is 93.9 Å². The predicted molar refractivity (Wildman–Crippen MR) is 67.3 cm³/mol. The number of nitrogens with zero attached hydrogens (tertiary/aromatic N) is 1. The lowest BCUT2D eigenvalue weighted by atomic mass is 10.1. The molecule has 2 rings (SSSR count). The molecule has 2 atom stereocenters. The minimum absolute atomic E-state index is 0.101. The van der Waals surface area contributed by atoms with Crippen LogP contribution in [-0.4, -0.2) is 68.3 Å². The lowest BCUT2D eigenvalue weighted by Gasteiger charge is -2.36. The second-order valence-electron chi connectivity index (χ2n) is 4.87. The molecule has 0 aromatic carbocycles. The van der Waals surface area contributed by atoms with Gasteiger partial charge in [0, 0.05) is 26.2 Å². The number of rotatable bonds is 5. The number of nitrogens with two attached hydrogens (primary N) is 1. The first-order valence-corrected chi connectivity index (χ1v) is 6.58. The number of ether oxygens (including phenoxy) is 2. The molecular formula is C12H21N3O4. The summed E-state index contributed by atoms with van der Waals surface area (Å²) in [6.45, 7) is 1.15. The number of carbonyl (C=O) groups excluding carboxylic acids is 2. The van der Waals surface area contributed by atoms with Gasteiger partial charge in [-0.15, -0.1) is 0 Å². The monoisotopic (exact) mass is 271 g/mol. The van der Waals surface area contributed by atoms with Crippen molar-refractivity contribution in [3.8, 4) is 0 Å². The van der Waals surface area contributed by atoms with Crippen molar-refractivity contribution in [1.29, 1.82) is 0 Å². The molecule has 7 nitrogen and oxygen atoms in total. The maximum atomic E-state index is 12.3. The summed E-state index contributed by atoms with van der Waals surface area (Å²) in [7, 11) is 1.44. The smallest absolute Gasteiger partial charge is 0.253 e. The molecule has 0 aromatic rings. The lowest BCUT2D eigenvalue weighted by Crippen LogP contribution is -2.59. The van der Waals surface area contributed by atoms with E-state index in [1.807, 2.05) is 0 Å². The van der Waals surface area contributed by atoms with Crippen molar-refractivity contribution in [3.63, 3.8) is 0 Å². The maximum Gasteiger partial charge on any atom is 0.253 e. The van der Waals surface area contributed by atoms with Gasteiger partial charge in [0.05, 0.1) is 13.2 Å². The standard InChI is InChI=1S/C12H21N3O4/c1-18-10(6-13)12(17)15-4-5-19-7-9(15)11(16)14-8-2-3-8/h8-10H,2-7,13H2,1H3,(H,14,16). The fourth-order valence-electron chi connectivity index (χ4n) is 2.09. The molecule has 1 aliphatic carbocycles. The summed E-state index contributed by atoms with van der Waals surface area (Å²) in [5, 5.41) is 2.90. The molecule has 2 aliphatic rings. The highest BCUT2D eigenvalue weighted by molar-refractivity contribution is 5.90. The molecule has 1 saturated carbocycles.